The fraction of sp³-hybridized carbons (Fsp3) is 0.235. The molecule has 2 N–H and O–H groups in total. The molecule has 3 rings (SSSR count). The van der Waals surface area contributed by atoms with Crippen molar-refractivity contribution in [3.63, 3.8) is 0 Å². The Hall–Kier alpha value is -2.74. The number of hydrogen-bond acceptors (Lipinski definition) is 7. The molecular formula is C17H18N4O3S. The number of nitrogens with zero attached hydrogens (tertiary/aromatic N) is 3. The summed E-state index contributed by atoms with van der Waals surface area (Å²) in [5.41, 5.74) is 2.06. The van der Waals surface area contributed by atoms with Crippen LogP contribution in [0.5, 0.6) is 0 Å². The van der Waals surface area contributed by atoms with E-state index in [1.165, 1.54) is 23.5 Å². The zero-order valence-corrected chi connectivity index (χ0v) is 14.9. The Kier molecular flexibility index (Phi) is 4.80. The minimum Gasteiger partial charge on any atom is -0.463 e. The van der Waals surface area contributed by atoms with E-state index in [1.54, 1.807) is 12.1 Å². The minimum absolute atomic E-state index is 0.101. The molecule has 0 aliphatic heterocycles. The van der Waals surface area contributed by atoms with E-state index < -0.39 is 5.97 Å². The van der Waals surface area contributed by atoms with Gasteiger partial charge in [0.2, 0.25) is 10.9 Å². The van der Waals surface area contributed by atoms with E-state index in [-0.39, 0.29) is 11.0 Å². The molecule has 130 valence electrons. The minimum atomic E-state index is -0.507. The zero-order chi connectivity index (χ0) is 18.0. The number of carbonyl (C=O) groups excluding carboxylic acids is 1. The van der Waals surface area contributed by atoms with Crippen LogP contribution in [0.2, 0.25) is 0 Å². The maximum Gasteiger partial charge on any atom is 0.373 e. The highest BCUT2D eigenvalue weighted by atomic mass is 32.2. The summed E-state index contributed by atoms with van der Waals surface area (Å²) in [5.74, 6) is 7.02. The van der Waals surface area contributed by atoms with Gasteiger partial charge in [-0.1, -0.05) is 41.6 Å². The average Bonchev–Trinajstić information content (AvgIpc) is 3.23. The van der Waals surface area contributed by atoms with Crippen LogP contribution in [-0.4, -0.2) is 28.0 Å². The number of thioether (sulfide) groups is 1. The van der Waals surface area contributed by atoms with E-state index in [2.05, 4.69) is 14.9 Å². The van der Waals surface area contributed by atoms with Gasteiger partial charge in [0.25, 0.3) is 0 Å². The van der Waals surface area contributed by atoms with E-state index in [4.69, 9.17) is 10.3 Å². The number of nitrogens with two attached hydrogens (primary N) is 1. The van der Waals surface area contributed by atoms with Crippen molar-refractivity contribution < 1.29 is 13.9 Å². The van der Waals surface area contributed by atoms with Crippen molar-refractivity contribution >= 4 is 17.7 Å². The summed E-state index contributed by atoms with van der Waals surface area (Å²) in [7, 11) is 1.31. The Morgan fingerprint density at radius 3 is 2.64 bits per heavy atom. The van der Waals surface area contributed by atoms with Crippen LogP contribution < -0.4 is 5.84 Å². The number of benzene rings is 1. The van der Waals surface area contributed by atoms with Crippen LogP contribution in [0.25, 0.3) is 11.4 Å². The SMILES string of the molecule is COC(=O)c1ccc(C(C)Sc2nnc(-c3ccc(C)cc3)n2N)o1. The number of aromatic nitrogens is 3. The van der Waals surface area contributed by atoms with Crippen LogP contribution in [0.1, 0.15) is 34.1 Å². The Labute approximate surface area is 149 Å². The molecule has 0 saturated heterocycles. The largest absolute Gasteiger partial charge is 0.463 e. The van der Waals surface area contributed by atoms with E-state index in [9.17, 15) is 4.79 Å². The molecule has 3 aromatic rings. The summed E-state index contributed by atoms with van der Waals surface area (Å²) in [6.45, 7) is 3.96. The third-order valence-electron chi connectivity index (χ3n) is 3.67. The van der Waals surface area contributed by atoms with Crippen molar-refractivity contribution in [2.75, 3.05) is 13.0 Å². The van der Waals surface area contributed by atoms with Gasteiger partial charge in [0.1, 0.15) is 5.76 Å². The first kappa shape index (κ1) is 17.1. The highest BCUT2D eigenvalue weighted by molar-refractivity contribution is 7.99. The molecule has 8 heteroatoms. The van der Waals surface area contributed by atoms with Gasteiger partial charge in [0.05, 0.1) is 12.4 Å². The van der Waals surface area contributed by atoms with E-state index >= 15 is 0 Å². The number of nitrogen functional groups attached to an aromatic ring is 1. The first-order valence-electron chi connectivity index (χ1n) is 7.62. The second kappa shape index (κ2) is 7.02. The predicted octanol–water partition coefficient (Wildman–Crippen LogP) is 3.20. The average molecular weight is 358 g/mol. The Morgan fingerprint density at radius 1 is 1.24 bits per heavy atom. The normalized spacial score (nSPS) is 12.1. The van der Waals surface area contributed by atoms with E-state index in [0.717, 1.165) is 11.1 Å². The monoisotopic (exact) mass is 358 g/mol. The van der Waals surface area contributed by atoms with Crippen molar-refractivity contribution in [3.8, 4) is 11.4 Å². The summed E-state index contributed by atoms with van der Waals surface area (Å²) < 4.78 is 11.6. The number of hydrogen-bond donors (Lipinski definition) is 1. The van der Waals surface area contributed by atoms with Gasteiger partial charge < -0.3 is 15.0 Å². The molecule has 0 amide bonds. The number of carbonyl (C=O) groups is 1. The maximum atomic E-state index is 11.5. The maximum absolute atomic E-state index is 11.5. The third kappa shape index (κ3) is 3.53. The highest BCUT2D eigenvalue weighted by Crippen LogP contribution is 2.35. The molecule has 1 atom stereocenters. The zero-order valence-electron chi connectivity index (χ0n) is 14.1. The summed E-state index contributed by atoms with van der Waals surface area (Å²) in [6.07, 6.45) is 0. The van der Waals surface area contributed by atoms with Gasteiger partial charge in [-0.3, -0.25) is 0 Å². The standard InChI is InChI=1S/C17H18N4O3S/c1-10-4-6-12(7-5-10)15-19-20-17(21(15)18)25-11(2)13-8-9-14(24-13)16(22)23-3/h4-9,11H,18H2,1-3H3. The van der Waals surface area contributed by atoms with Crippen molar-refractivity contribution in [3.05, 3.63) is 53.5 Å². The molecule has 0 bridgehead atoms. The quantitative estimate of drug-likeness (QED) is 0.425. The number of esters is 1. The molecule has 0 spiro atoms. The molecule has 0 aliphatic rings. The van der Waals surface area contributed by atoms with Gasteiger partial charge >= 0.3 is 5.97 Å². The van der Waals surface area contributed by atoms with Gasteiger partial charge in [0.15, 0.2) is 5.82 Å². The Morgan fingerprint density at radius 2 is 1.96 bits per heavy atom. The second-order valence-corrected chi connectivity index (χ2v) is 6.80. The third-order valence-corrected chi connectivity index (χ3v) is 4.75. The van der Waals surface area contributed by atoms with Gasteiger partial charge in [0, 0.05) is 5.56 Å². The molecule has 0 radical (unpaired) electrons. The number of furan rings is 1. The lowest BCUT2D eigenvalue weighted by Crippen LogP contribution is -2.11. The molecule has 2 heterocycles. The molecule has 0 fully saturated rings. The van der Waals surface area contributed by atoms with Crippen LogP contribution in [0.3, 0.4) is 0 Å². The molecule has 0 aliphatic carbocycles. The van der Waals surface area contributed by atoms with Crippen molar-refractivity contribution in [1.82, 2.24) is 14.9 Å². The van der Waals surface area contributed by atoms with Crippen molar-refractivity contribution in [2.24, 2.45) is 0 Å². The summed E-state index contributed by atoms with van der Waals surface area (Å²) in [6, 6.07) is 11.2. The van der Waals surface area contributed by atoms with Crippen LogP contribution in [0.4, 0.5) is 0 Å². The molecule has 2 aromatic heterocycles. The summed E-state index contributed by atoms with van der Waals surface area (Å²) in [4.78, 5) is 11.5. The van der Waals surface area contributed by atoms with Gasteiger partial charge in [-0.2, -0.15) is 0 Å². The van der Waals surface area contributed by atoms with Crippen LogP contribution in [-0.2, 0) is 4.74 Å². The molecule has 1 unspecified atom stereocenters. The fourth-order valence-electron chi connectivity index (χ4n) is 2.25. The number of methoxy groups -OCH3 is 1. The summed E-state index contributed by atoms with van der Waals surface area (Å²) >= 11 is 1.39. The van der Waals surface area contributed by atoms with Gasteiger partial charge in [-0.15, -0.1) is 10.2 Å². The second-order valence-electron chi connectivity index (χ2n) is 5.50. The predicted molar refractivity (Wildman–Crippen MR) is 94.7 cm³/mol. The lowest BCUT2D eigenvalue weighted by atomic mass is 10.1. The fourth-order valence-corrected chi connectivity index (χ4v) is 3.10. The summed E-state index contributed by atoms with van der Waals surface area (Å²) in [5, 5.41) is 8.78. The molecule has 25 heavy (non-hydrogen) atoms. The lowest BCUT2D eigenvalue weighted by Gasteiger charge is -2.08. The molecular weight excluding hydrogens is 340 g/mol. The Balaban J connectivity index is 1.78. The first-order valence-corrected chi connectivity index (χ1v) is 8.49. The number of aryl methyl sites for hydroxylation is 1. The van der Waals surface area contributed by atoms with E-state index in [0.29, 0.717) is 16.7 Å². The van der Waals surface area contributed by atoms with Crippen LogP contribution in [0, 0.1) is 6.92 Å². The molecule has 0 saturated carbocycles. The van der Waals surface area contributed by atoms with Crippen molar-refractivity contribution in [1.29, 1.82) is 0 Å². The topological polar surface area (TPSA) is 96.2 Å². The van der Waals surface area contributed by atoms with E-state index in [1.807, 2.05) is 38.1 Å². The van der Waals surface area contributed by atoms with Gasteiger partial charge in [-0.25, -0.2) is 9.47 Å². The van der Waals surface area contributed by atoms with Gasteiger partial charge in [-0.05, 0) is 26.0 Å². The first-order chi connectivity index (χ1) is 12.0. The van der Waals surface area contributed by atoms with Crippen molar-refractivity contribution in [2.45, 2.75) is 24.3 Å². The molecule has 7 nitrogen and oxygen atoms in total. The Bertz CT molecular complexity index is 886. The number of rotatable bonds is 5. The molecule has 1 aromatic carbocycles. The highest BCUT2D eigenvalue weighted by Gasteiger charge is 2.20. The lowest BCUT2D eigenvalue weighted by molar-refractivity contribution is 0.0563. The number of ether oxygens (including phenoxy) is 1. The van der Waals surface area contributed by atoms with Crippen LogP contribution >= 0.6 is 11.8 Å². The van der Waals surface area contributed by atoms with Crippen LogP contribution in [0.15, 0.2) is 46.0 Å². The smallest absolute Gasteiger partial charge is 0.373 e.